The van der Waals surface area contributed by atoms with Gasteiger partial charge in [-0.2, -0.15) is 10.5 Å². The van der Waals surface area contributed by atoms with E-state index in [9.17, 15) is 10.5 Å². The highest BCUT2D eigenvalue weighted by Gasteiger charge is 2.36. The maximum atomic E-state index is 9.18. The molecule has 3 aliphatic carbocycles. The summed E-state index contributed by atoms with van der Waals surface area (Å²) in [7, 11) is 0. The van der Waals surface area contributed by atoms with E-state index >= 15 is 0 Å². The molecule has 3 aliphatic rings. The van der Waals surface area contributed by atoms with E-state index in [1.165, 1.54) is 28.3 Å². The second-order valence-electron chi connectivity index (χ2n) is 6.79. The Labute approximate surface area is 142 Å². The monoisotopic (exact) mass is 310 g/mol. The molecule has 116 valence electrons. The minimum Gasteiger partial charge on any atom is -0.192 e. The van der Waals surface area contributed by atoms with Crippen molar-refractivity contribution in [3.8, 4) is 12.1 Å². The summed E-state index contributed by atoms with van der Waals surface area (Å²) in [6, 6.07) is 19.1. The van der Waals surface area contributed by atoms with Gasteiger partial charge in [-0.1, -0.05) is 54.1 Å². The van der Waals surface area contributed by atoms with E-state index in [-0.39, 0.29) is 0 Å². The van der Waals surface area contributed by atoms with E-state index in [0.29, 0.717) is 17.4 Å². The Morgan fingerprint density at radius 2 is 1.67 bits per heavy atom. The summed E-state index contributed by atoms with van der Waals surface area (Å²) in [6.07, 6.45) is 6.52. The highest BCUT2D eigenvalue weighted by Crippen LogP contribution is 2.49. The molecule has 2 nitrogen and oxygen atoms in total. The molecule has 0 saturated heterocycles. The second kappa shape index (κ2) is 5.99. The quantitative estimate of drug-likeness (QED) is 0.663. The molecule has 0 aromatic heterocycles. The molecule has 0 radical (unpaired) electrons. The van der Waals surface area contributed by atoms with Crippen molar-refractivity contribution < 1.29 is 0 Å². The van der Waals surface area contributed by atoms with E-state index in [1.807, 2.05) is 0 Å². The van der Waals surface area contributed by atoms with E-state index in [1.54, 1.807) is 0 Å². The number of fused-ring (bicyclic) bond motifs is 4. The van der Waals surface area contributed by atoms with Crippen LogP contribution in [0, 0.1) is 34.5 Å². The van der Waals surface area contributed by atoms with E-state index in [2.05, 4.69) is 60.7 Å². The normalized spacial score (nSPS) is 23.9. The molecule has 24 heavy (non-hydrogen) atoms. The number of nitriles is 2. The third-order valence-corrected chi connectivity index (χ3v) is 5.54. The minimum absolute atomic E-state index is 0.355. The Bertz CT molecular complexity index is 929. The fourth-order valence-electron chi connectivity index (χ4n) is 4.33. The van der Waals surface area contributed by atoms with Crippen molar-refractivity contribution in [1.29, 1.82) is 10.5 Å². The molecule has 2 aromatic carbocycles. The molecular formula is C22H18N2. The van der Waals surface area contributed by atoms with Crippen LogP contribution in [0.1, 0.15) is 31.2 Å². The van der Waals surface area contributed by atoms with Crippen molar-refractivity contribution in [2.75, 3.05) is 0 Å². The van der Waals surface area contributed by atoms with E-state index in [0.717, 1.165) is 24.8 Å². The van der Waals surface area contributed by atoms with Crippen LogP contribution in [0.25, 0.3) is 16.8 Å². The first-order valence-corrected chi connectivity index (χ1v) is 8.51. The molecule has 3 fully saturated rings. The third-order valence-electron chi connectivity index (χ3n) is 5.54. The summed E-state index contributed by atoms with van der Waals surface area (Å²) in [6.45, 7) is 0. The van der Waals surface area contributed by atoms with Crippen LogP contribution in [0.5, 0.6) is 0 Å². The lowest BCUT2D eigenvalue weighted by molar-refractivity contribution is 0.314. The molecule has 0 heterocycles. The molecular weight excluding hydrogens is 292 g/mol. The Balaban J connectivity index is 1.73. The average Bonchev–Trinajstić information content (AvgIpc) is 2.64. The van der Waals surface area contributed by atoms with Crippen molar-refractivity contribution in [2.45, 2.75) is 25.7 Å². The van der Waals surface area contributed by atoms with Crippen LogP contribution in [0.4, 0.5) is 0 Å². The zero-order valence-electron chi connectivity index (χ0n) is 13.5. The molecule has 2 aromatic rings. The predicted molar refractivity (Wildman–Crippen MR) is 95.6 cm³/mol. The van der Waals surface area contributed by atoms with Gasteiger partial charge in [0.2, 0.25) is 0 Å². The van der Waals surface area contributed by atoms with Gasteiger partial charge in [0.15, 0.2) is 0 Å². The molecule has 3 saturated carbocycles. The van der Waals surface area contributed by atoms with Gasteiger partial charge in [0.05, 0.1) is 0 Å². The van der Waals surface area contributed by atoms with Crippen LogP contribution >= 0.6 is 0 Å². The highest BCUT2D eigenvalue weighted by atomic mass is 14.4. The Morgan fingerprint density at radius 1 is 0.917 bits per heavy atom. The minimum atomic E-state index is 0.355. The molecule has 2 bridgehead atoms. The van der Waals surface area contributed by atoms with Crippen LogP contribution in [0.3, 0.4) is 0 Å². The van der Waals surface area contributed by atoms with Crippen LogP contribution in [0.2, 0.25) is 0 Å². The van der Waals surface area contributed by atoms with Crippen molar-refractivity contribution in [2.24, 2.45) is 11.8 Å². The molecule has 0 aliphatic heterocycles. The van der Waals surface area contributed by atoms with Crippen LogP contribution in [0.15, 0.2) is 59.2 Å². The maximum absolute atomic E-state index is 9.18. The number of allylic oxidation sites excluding steroid dienone is 3. The smallest absolute Gasteiger partial charge is 0.129 e. The number of hydrogen-bond acceptors (Lipinski definition) is 2. The summed E-state index contributed by atoms with van der Waals surface area (Å²) in [5.41, 5.74) is 4.23. The average molecular weight is 310 g/mol. The van der Waals surface area contributed by atoms with E-state index < -0.39 is 0 Å². The molecule has 0 spiro atoms. The first-order chi connectivity index (χ1) is 11.8. The summed E-state index contributed by atoms with van der Waals surface area (Å²) in [5, 5.41) is 20.9. The molecule has 5 rings (SSSR count). The Hall–Kier alpha value is -2.84. The number of benzene rings is 2. The largest absolute Gasteiger partial charge is 0.192 e. The highest BCUT2D eigenvalue weighted by molar-refractivity contribution is 5.91. The van der Waals surface area contributed by atoms with Crippen molar-refractivity contribution in [3.05, 3.63) is 64.7 Å². The zero-order chi connectivity index (χ0) is 16.5. The number of hydrogen-bond donors (Lipinski definition) is 0. The standard InChI is InChI=1S/C22H18N2/c23-13-20(14-24)22-12-16-8-9-18(22)11-19(16)10-17-6-3-5-15-4-1-2-7-21(15)17/h1-7,10,16,18H,8-9,11-12H2/b19-10+/t16-,18-/m1/s1. The maximum Gasteiger partial charge on any atom is 0.129 e. The van der Waals surface area contributed by atoms with Crippen LogP contribution < -0.4 is 0 Å². The Kier molecular flexibility index (Phi) is 3.68. The van der Waals surface area contributed by atoms with Crippen molar-refractivity contribution in [1.82, 2.24) is 0 Å². The molecule has 0 N–H and O–H groups in total. The topological polar surface area (TPSA) is 47.6 Å². The third kappa shape index (κ3) is 2.41. The van der Waals surface area contributed by atoms with Gasteiger partial charge in [0.1, 0.15) is 17.7 Å². The van der Waals surface area contributed by atoms with Crippen LogP contribution in [-0.2, 0) is 0 Å². The summed E-state index contributed by atoms with van der Waals surface area (Å²) in [4.78, 5) is 0. The van der Waals surface area contributed by atoms with Gasteiger partial charge in [0.25, 0.3) is 0 Å². The zero-order valence-corrected chi connectivity index (χ0v) is 13.5. The predicted octanol–water partition coefficient (Wildman–Crippen LogP) is 5.39. The van der Waals surface area contributed by atoms with Gasteiger partial charge in [0, 0.05) is 0 Å². The molecule has 2 atom stereocenters. The molecule has 2 heteroatoms. The SMILES string of the molecule is N#CC(C#N)=C1C[C@H]2CC[C@@H]1C/C2=C\c1cccc2ccccc12. The lowest BCUT2D eigenvalue weighted by atomic mass is 9.64. The van der Waals surface area contributed by atoms with Gasteiger partial charge in [-0.25, -0.2) is 0 Å². The lowest BCUT2D eigenvalue weighted by Gasteiger charge is -2.40. The van der Waals surface area contributed by atoms with Crippen LogP contribution in [-0.4, -0.2) is 0 Å². The summed E-state index contributed by atoms with van der Waals surface area (Å²) < 4.78 is 0. The molecule has 0 unspecified atom stereocenters. The lowest BCUT2D eigenvalue weighted by Crippen LogP contribution is -2.27. The first-order valence-electron chi connectivity index (χ1n) is 8.51. The van der Waals surface area contributed by atoms with Gasteiger partial charge >= 0.3 is 0 Å². The van der Waals surface area contributed by atoms with Crippen molar-refractivity contribution >= 4 is 16.8 Å². The van der Waals surface area contributed by atoms with Crippen molar-refractivity contribution in [3.63, 3.8) is 0 Å². The molecule has 0 amide bonds. The number of nitrogens with zero attached hydrogens (tertiary/aromatic N) is 2. The van der Waals surface area contributed by atoms with Gasteiger partial charge in [-0.05, 0) is 59.4 Å². The first kappa shape index (κ1) is 14.7. The van der Waals surface area contributed by atoms with Gasteiger partial charge in [-0.3, -0.25) is 0 Å². The summed E-state index contributed by atoms with van der Waals surface area (Å²) in [5.74, 6) is 0.867. The van der Waals surface area contributed by atoms with Gasteiger partial charge in [-0.15, -0.1) is 0 Å². The second-order valence-corrected chi connectivity index (χ2v) is 6.79. The summed E-state index contributed by atoms with van der Waals surface area (Å²) >= 11 is 0. The Morgan fingerprint density at radius 3 is 2.42 bits per heavy atom. The fraction of sp³-hybridized carbons (Fsp3) is 0.273. The fourth-order valence-corrected chi connectivity index (χ4v) is 4.33. The van der Waals surface area contributed by atoms with E-state index in [4.69, 9.17) is 0 Å². The van der Waals surface area contributed by atoms with Gasteiger partial charge < -0.3 is 0 Å². The number of rotatable bonds is 1.